The highest BCUT2D eigenvalue weighted by Crippen LogP contribution is 2.28. The molecule has 0 spiro atoms. The topological polar surface area (TPSA) is 56.4 Å². The first-order chi connectivity index (χ1) is 12.7. The molecule has 1 N–H and O–H groups in total. The third-order valence-corrected chi connectivity index (χ3v) is 5.70. The number of hydrogen-bond acceptors (Lipinski definition) is 4. The van der Waals surface area contributed by atoms with Gasteiger partial charge >= 0.3 is 0 Å². The number of carbonyl (C=O) groups excluding carboxylic acids is 1. The zero-order chi connectivity index (χ0) is 17.9. The van der Waals surface area contributed by atoms with Crippen molar-refractivity contribution in [2.75, 3.05) is 31.1 Å². The molecule has 1 fully saturated rings. The first kappa shape index (κ1) is 16.6. The number of hydrogen-bond donors (Lipinski definition) is 1. The highest BCUT2D eigenvalue weighted by molar-refractivity contribution is 7.17. The summed E-state index contributed by atoms with van der Waals surface area (Å²) in [7, 11) is 0. The second-order valence-corrected chi connectivity index (χ2v) is 7.30. The van der Waals surface area contributed by atoms with Crippen LogP contribution >= 0.6 is 11.3 Å². The summed E-state index contributed by atoms with van der Waals surface area (Å²) in [6.07, 6.45) is 1.68. The number of para-hydroxylation sites is 1. The number of nitrogens with zero attached hydrogens (tertiary/aromatic N) is 2. The summed E-state index contributed by atoms with van der Waals surface area (Å²) in [6, 6.07) is 17.4. The maximum absolute atomic E-state index is 12.8. The molecule has 1 saturated heterocycles. The van der Waals surface area contributed by atoms with E-state index < -0.39 is 0 Å². The third kappa shape index (κ3) is 3.41. The predicted molar refractivity (Wildman–Crippen MR) is 105 cm³/mol. The Morgan fingerprint density at radius 3 is 2.38 bits per heavy atom. The van der Waals surface area contributed by atoms with Gasteiger partial charge in [-0.05, 0) is 30.3 Å². The van der Waals surface area contributed by atoms with Crippen LogP contribution in [0.15, 0.2) is 65.6 Å². The largest absolute Gasteiger partial charge is 0.368 e. The fourth-order valence-electron chi connectivity index (χ4n) is 3.13. The van der Waals surface area contributed by atoms with Gasteiger partial charge in [0.2, 0.25) is 5.56 Å². The molecule has 0 bridgehead atoms. The minimum Gasteiger partial charge on any atom is -0.368 e. The minimum absolute atomic E-state index is 0.0818. The van der Waals surface area contributed by atoms with Gasteiger partial charge in [0.25, 0.3) is 5.91 Å². The average Bonchev–Trinajstić information content (AvgIpc) is 3.19. The van der Waals surface area contributed by atoms with Crippen LogP contribution in [0.1, 0.15) is 9.67 Å². The van der Waals surface area contributed by atoms with Gasteiger partial charge in [0.15, 0.2) is 0 Å². The number of aromatic nitrogens is 1. The number of pyridine rings is 1. The van der Waals surface area contributed by atoms with Crippen LogP contribution in [-0.2, 0) is 0 Å². The molecule has 0 unspecified atom stereocenters. The van der Waals surface area contributed by atoms with Gasteiger partial charge in [0.1, 0.15) is 0 Å². The summed E-state index contributed by atoms with van der Waals surface area (Å²) in [5, 5.41) is 0. The minimum atomic E-state index is -0.127. The van der Waals surface area contributed by atoms with Crippen LogP contribution in [0.5, 0.6) is 0 Å². The maximum Gasteiger partial charge on any atom is 0.264 e. The van der Waals surface area contributed by atoms with Crippen molar-refractivity contribution >= 4 is 22.9 Å². The number of H-pyrrole nitrogens is 1. The molecule has 5 nitrogen and oxygen atoms in total. The highest BCUT2D eigenvalue weighted by atomic mass is 32.1. The van der Waals surface area contributed by atoms with Crippen molar-refractivity contribution in [3.8, 4) is 10.4 Å². The Kier molecular flexibility index (Phi) is 4.58. The molecular formula is C20H19N3O2S. The Bertz CT molecular complexity index is 936. The fraction of sp³-hybridized carbons (Fsp3) is 0.200. The van der Waals surface area contributed by atoms with Crippen LogP contribution in [-0.4, -0.2) is 42.0 Å². The number of piperazine rings is 1. The molecule has 0 aliphatic carbocycles. The molecule has 3 aromatic rings. The first-order valence-electron chi connectivity index (χ1n) is 8.59. The standard InChI is InChI=1S/C20H19N3O2S/c24-19-9-6-15(14-21-19)17-7-8-18(26-17)20(25)23-12-10-22(11-13-23)16-4-2-1-3-5-16/h1-9,14H,10-13H2,(H,21,24). The van der Waals surface area contributed by atoms with E-state index in [4.69, 9.17) is 0 Å². The van der Waals surface area contributed by atoms with Gasteiger partial charge in [-0.1, -0.05) is 18.2 Å². The Morgan fingerprint density at radius 1 is 0.923 bits per heavy atom. The summed E-state index contributed by atoms with van der Waals surface area (Å²) >= 11 is 1.46. The molecule has 132 valence electrons. The highest BCUT2D eigenvalue weighted by Gasteiger charge is 2.23. The molecular weight excluding hydrogens is 346 g/mol. The number of carbonyl (C=O) groups is 1. The van der Waals surface area contributed by atoms with E-state index >= 15 is 0 Å². The Hall–Kier alpha value is -2.86. The molecule has 1 aliphatic heterocycles. The summed E-state index contributed by atoms with van der Waals surface area (Å²) in [5.74, 6) is 0.0818. The van der Waals surface area contributed by atoms with E-state index in [1.807, 2.05) is 35.2 Å². The van der Waals surface area contributed by atoms with Crippen LogP contribution in [0.4, 0.5) is 5.69 Å². The molecule has 2 aromatic heterocycles. The molecule has 1 aromatic carbocycles. The van der Waals surface area contributed by atoms with E-state index in [0.29, 0.717) is 0 Å². The SMILES string of the molecule is O=C(c1ccc(-c2ccc(=O)[nH]c2)s1)N1CCN(c2ccccc2)CC1. The molecule has 3 heterocycles. The first-order valence-corrected chi connectivity index (χ1v) is 9.40. The number of rotatable bonds is 3. The monoisotopic (exact) mass is 365 g/mol. The van der Waals surface area contributed by atoms with Crippen molar-refractivity contribution in [2.45, 2.75) is 0 Å². The zero-order valence-electron chi connectivity index (χ0n) is 14.2. The number of aromatic amines is 1. The van der Waals surface area contributed by atoms with Crippen LogP contribution in [0.3, 0.4) is 0 Å². The molecule has 1 amide bonds. The smallest absolute Gasteiger partial charge is 0.264 e. The second kappa shape index (κ2) is 7.17. The van der Waals surface area contributed by atoms with E-state index in [2.05, 4.69) is 22.0 Å². The Morgan fingerprint density at radius 2 is 1.69 bits per heavy atom. The lowest BCUT2D eigenvalue weighted by atomic mass is 10.2. The van der Waals surface area contributed by atoms with Crippen molar-refractivity contribution in [3.63, 3.8) is 0 Å². The maximum atomic E-state index is 12.8. The molecule has 6 heteroatoms. The molecule has 1 aliphatic rings. The number of anilines is 1. The third-order valence-electron chi connectivity index (χ3n) is 4.57. The predicted octanol–water partition coefficient (Wildman–Crippen LogP) is 3.07. The zero-order valence-corrected chi connectivity index (χ0v) is 15.0. The lowest BCUT2D eigenvalue weighted by Crippen LogP contribution is -2.48. The van der Waals surface area contributed by atoms with Gasteiger partial charge in [-0.25, -0.2) is 0 Å². The van der Waals surface area contributed by atoms with Crippen molar-refractivity contribution in [1.29, 1.82) is 0 Å². The number of amides is 1. The van der Waals surface area contributed by atoms with Gasteiger partial charge in [-0.15, -0.1) is 11.3 Å². The van der Waals surface area contributed by atoms with Crippen LogP contribution in [0.2, 0.25) is 0 Å². The summed E-state index contributed by atoms with van der Waals surface area (Å²) in [4.78, 5) is 32.6. The molecule has 4 rings (SSSR count). The number of nitrogens with one attached hydrogen (secondary N) is 1. The van der Waals surface area contributed by atoms with Gasteiger partial charge < -0.3 is 14.8 Å². The van der Waals surface area contributed by atoms with Crippen molar-refractivity contribution < 1.29 is 4.79 Å². The Balaban J connectivity index is 1.43. The van der Waals surface area contributed by atoms with Crippen LogP contribution in [0, 0.1) is 0 Å². The van der Waals surface area contributed by atoms with Gasteiger partial charge in [0, 0.05) is 54.6 Å². The van der Waals surface area contributed by atoms with Gasteiger partial charge in [0.05, 0.1) is 4.88 Å². The number of benzene rings is 1. The normalized spacial score (nSPS) is 14.5. The van der Waals surface area contributed by atoms with E-state index in [1.165, 1.54) is 23.1 Å². The molecule has 26 heavy (non-hydrogen) atoms. The quantitative estimate of drug-likeness (QED) is 0.776. The number of thiophene rings is 1. The van der Waals surface area contributed by atoms with Crippen LogP contribution in [0.25, 0.3) is 10.4 Å². The van der Waals surface area contributed by atoms with Crippen molar-refractivity contribution in [1.82, 2.24) is 9.88 Å². The van der Waals surface area contributed by atoms with E-state index in [-0.39, 0.29) is 11.5 Å². The summed E-state index contributed by atoms with van der Waals surface area (Å²) in [5.41, 5.74) is 2.00. The molecule has 0 atom stereocenters. The van der Waals surface area contributed by atoms with Gasteiger partial charge in [-0.2, -0.15) is 0 Å². The van der Waals surface area contributed by atoms with E-state index in [1.54, 1.807) is 12.3 Å². The summed E-state index contributed by atoms with van der Waals surface area (Å²) < 4.78 is 0. The average molecular weight is 365 g/mol. The van der Waals surface area contributed by atoms with Gasteiger partial charge in [-0.3, -0.25) is 9.59 Å². The summed E-state index contributed by atoms with van der Waals surface area (Å²) in [6.45, 7) is 3.13. The van der Waals surface area contributed by atoms with Crippen molar-refractivity contribution in [3.05, 3.63) is 76.0 Å². The lowest BCUT2D eigenvalue weighted by Gasteiger charge is -2.36. The fourth-order valence-corrected chi connectivity index (χ4v) is 4.10. The molecule has 0 saturated carbocycles. The van der Waals surface area contributed by atoms with E-state index in [9.17, 15) is 9.59 Å². The second-order valence-electron chi connectivity index (χ2n) is 6.22. The molecule has 0 radical (unpaired) electrons. The lowest BCUT2D eigenvalue weighted by molar-refractivity contribution is 0.0751. The van der Waals surface area contributed by atoms with E-state index in [0.717, 1.165) is 41.5 Å². The van der Waals surface area contributed by atoms with Crippen LogP contribution < -0.4 is 10.5 Å². The Labute approximate surface area is 155 Å². The van der Waals surface area contributed by atoms with Crippen molar-refractivity contribution in [2.24, 2.45) is 0 Å².